The summed E-state index contributed by atoms with van der Waals surface area (Å²) in [4.78, 5) is -1.31. The molecule has 7 rings (SSSR count). The summed E-state index contributed by atoms with van der Waals surface area (Å²) in [6.45, 7) is 0. The van der Waals surface area contributed by atoms with Crippen LogP contribution in [0.4, 0.5) is 4.39 Å². The van der Waals surface area contributed by atoms with Crippen LogP contribution in [0.15, 0.2) is 187 Å². The third-order valence-corrected chi connectivity index (χ3v) is 14.0. The topological polar surface area (TPSA) is 198 Å². The molecule has 0 unspecified atom stereocenters. The summed E-state index contributed by atoms with van der Waals surface area (Å²) in [5.41, 5.74) is 1.64. The molecule has 0 heterocycles. The zero-order valence-electron chi connectivity index (χ0n) is 31.8. The molecule has 0 aliphatic heterocycles. The SMILES string of the molecule is COc1ccc(S(=O)(=O)c2ccc(Oc3ccc(-c4ccc(Oc5ccc(S(=O)(=O)c6ccc(Oc7ccc(F)cc7)cc6)cc5)cc4)cc3)c(SOOO)c2)cc1S(=O)(=O)O. The van der Waals surface area contributed by atoms with Crippen molar-refractivity contribution >= 4 is 41.8 Å². The summed E-state index contributed by atoms with van der Waals surface area (Å²) in [5.74, 6) is 1.51. The van der Waals surface area contributed by atoms with Gasteiger partial charge in [0.1, 0.15) is 51.0 Å². The van der Waals surface area contributed by atoms with E-state index in [9.17, 15) is 34.2 Å². The van der Waals surface area contributed by atoms with Crippen molar-refractivity contribution < 1.29 is 67.8 Å². The molecular weight excluding hydrogens is 888 g/mol. The van der Waals surface area contributed by atoms with Gasteiger partial charge in [-0.1, -0.05) is 29.3 Å². The molecule has 0 saturated carbocycles. The second kappa shape index (κ2) is 18.4. The lowest BCUT2D eigenvalue weighted by Crippen LogP contribution is -2.07. The lowest BCUT2D eigenvalue weighted by atomic mass is 10.1. The third-order valence-electron chi connectivity index (χ3n) is 8.93. The van der Waals surface area contributed by atoms with Gasteiger partial charge in [-0.25, -0.2) is 26.5 Å². The standard InChI is InChI=1S/C43H31FO14S4/c1-53-41-25-23-39(27-43(41)62(50,51)52)61(48,49)38-22-24-40(42(26-38)59-58-57-45)56-35-10-4-29(5-11-35)28-2-8-31(9-3-28)54-33-14-18-36(19-15-33)60(46,47)37-20-16-34(17-21-37)55-32-12-6-30(44)7-13-32/h2-27,45H,1H3,(H,50,51,52). The Labute approximate surface area is 359 Å². The van der Waals surface area contributed by atoms with E-state index in [0.29, 0.717) is 40.8 Å². The zero-order chi connectivity index (χ0) is 44.1. The number of ether oxygens (including phenoxy) is 4. The first-order valence-electron chi connectivity index (χ1n) is 17.8. The number of sulfone groups is 2. The Bertz CT molecular complexity index is 3040. The highest BCUT2D eigenvalue weighted by Gasteiger charge is 2.26. The first-order chi connectivity index (χ1) is 29.6. The van der Waals surface area contributed by atoms with Crippen molar-refractivity contribution in [2.45, 2.75) is 29.4 Å². The fourth-order valence-corrected chi connectivity index (χ4v) is 9.74. The lowest BCUT2D eigenvalue weighted by molar-refractivity contribution is -0.432. The van der Waals surface area contributed by atoms with Gasteiger partial charge in [-0.05, 0) is 145 Å². The Balaban J connectivity index is 0.996. The second-order valence-corrected chi connectivity index (χ2v) is 18.9. The van der Waals surface area contributed by atoms with Crippen LogP contribution >= 0.6 is 12.0 Å². The highest BCUT2D eigenvalue weighted by Crippen LogP contribution is 2.38. The van der Waals surface area contributed by atoms with Gasteiger partial charge < -0.3 is 18.9 Å². The van der Waals surface area contributed by atoms with E-state index in [1.807, 2.05) is 12.1 Å². The van der Waals surface area contributed by atoms with Crippen LogP contribution < -0.4 is 18.9 Å². The van der Waals surface area contributed by atoms with Gasteiger partial charge in [0, 0.05) is 0 Å². The highest BCUT2D eigenvalue weighted by atomic mass is 32.2. The normalized spacial score (nSPS) is 11.8. The van der Waals surface area contributed by atoms with Crippen LogP contribution in [0.3, 0.4) is 0 Å². The van der Waals surface area contributed by atoms with Crippen LogP contribution in [0.25, 0.3) is 11.1 Å². The molecular formula is C43H31FO14S4. The maximum atomic E-state index is 13.5. The largest absolute Gasteiger partial charge is 0.495 e. The molecule has 318 valence electrons. The molecule has 0 fully saturated rings. The van der Waals surface area contributed by atoms with Crippen LogP contribution in [0.5, 0.6) is 40.2 Å². The van der Waals surface area contributed by atoms with E-state index in [4.69, 9.17) is 24.2 Å². The van der Waals surface area contributed by atoms with Gasteiger partial charge in [0.15, 0.2) is 0 Å². The molecule has 0 aliphatic rings. The zero-order valence-corrected chi connectivity index (χ0v) is 35.1. The minimum atomic E-state index is -4.83. The van der Waals surface area contributed by atoms with Crippen molar-refractivity contribution in [1.29, 1.82) is 0 Å². The predicted octanol–water partition coefficient (Wildman–Crippen LogP) is 10.2. The Kier molecular flexibility index (Phi) is 13.0. The molecule has 14 nitrogen and oxygen atoms in total. The number of hydrogen-bond donors (Lipinski definition) is 2. The Hall–Kier alpha value is -6.29. The van der Waals surface area contributed by atoms with Crippen molar-refractivity contribution in [2.75, 3.05) is 7.11 Å². The van der Waals surface area contributed by atoms with E-state index in [0.717, 1.165) is 42.5 Å². The van der Waals surface area contributed by atoms with Gasteiger partial charge in [0.05, 0.1) is 43.6 Å². The van der Waals surface area contributed by atoms with Crippen LogP contribution in [-0.2, 0) is 39.2 Å². The van der Waals surface area contributed by atoms with Crippen LogP contribution in [0.2, 0.25) is 0 Å². The van der Waals surface area contributed by atoms with Gasteiger partial charge in [-0.3, -0.25) is 4.55 Å². The van der Waals surface area contributed by atoms with Crippen LogP contribution in [0.1, 0.15) is 0 Å². The van der Waals surface area contributed by atoms with Gasteiger partial charge >= 0.3 is 0 Å². The van der Waals surface area contributed by atoms with Crippen LogP contribution in [0, 0.1) is 5.82 Å². The number of rotatable bonds is 16. The smallest absolute Gasteiger partial charge is 0.298 e. The number of hydrogen-bond acceptors (Lipinski definition) is 14. The molecule has 0 radical (unpaired) electrons. The lowest BCUT2D eigenvalue weighted by Gasteiger charge is -2.13. The van der Waals surface area contributed by atoms with Crippen molar-refractivity contribution in [3.63, 3.8) is 0 Å². The fraction of sp³-hybridized carbons (Fsp3) is 0.0233. The summed E-state index contributed by atoms with van der Waals surface area (Å²) in [6.07, 6.45) is 0. The number of halogens is 1. The molecule has 62 heavy (non-hydrogen) atoms. The minimum absolute atomic E-state index is 0.0562. The average Bonchev–Trinajstić information content (AvgIpc) is 3.27. The summed E-state index contributed by atoms with van der Waals surface area (Å²) < 4.78 is 127. The van der Waals surface area contributed by atoms with Crippen molar-refractivity contribution in [3.05, 3.63) is 164 Å². The first kappa shape index (κ1) is 43.8. The quantitative estimate of drug-likeness (QED) is 0.0401. The molecule has 0 bridgehead atoms. The average molecular weight is 919 g/mol. The van der Waals surface area contributed by atoms with Gasteiger partial charge in [0.2, 0.25) is 19.7 Å². The highest BCUT2D eigenvalue weighted by molar-refractivity contribution is 7.95. The van der Waals surface area contributed by atoms with E-state index < -0.39 is 45.4 Å². The first-order valence-corrected chi connectivity index (χ1v) is 22.9. The van der Waals surface area contributed by atoms with Crippen molar-refractivity contribution in [3.8, 4) is 51.4 Å². The maximum Gasteiger partial charge on any atom is 0.298 e. The maximum absolute atomic E-state index is 13.5. The fourth-order valence-electron chi connectivity index (χ4n) is 5.86. The summed E-state index contributed by atoms with van der Waals surface area (Å²) in [5, 5.41) is 12.5. The molecule has 0 aromatic heterocycles. The molecule has 0 amide bonds. The van der Waals surface area contributed by atoms with Crippen molar-refractivity contribution in [2.24, 2.45) is 0 Å². The molecule has 0 spiro atoms. The molecule has 7 aromatic carbocycles. The van der Waals surface area contributed by atoms with E-state index in [-0.39, 0.29) is 31.1 Å². The summed E-state index contributed by atoms with van der Waals surface area (Å²) in [7, 11) is -11.9. The molecule has 0 aliphatic carbocycles. The molecule has 2 N–H and O–H groups in total. The van der Waals surface area contributed by atoms with Gasteiger partial charge in [-0.2, -0.15) is 8.42 Å². The summed E-state index contributed by atoms with van der Waals surface area (Å²) in [6, 6.07) is 38.1. The third kappa shape index (κ3) is 10.1. The van der Waals surface area contributed by atoms with E-state index in [2.05, 4.69) is 9.37 Å². The number of methoxy groups -OCH3 is 1. The van der Waals surface area contributed by atoms with Gasteiger partial charge in [-0.15, -0.1) is 4.33 Å². The molecule has 0 saturated heterocycles. The van der Waals surface area contributed by atoms with Gasteiger partial charge in [0.25, 0.3) is 10.1 Å². The van der Waals surface area contributed by atoms with Crippen molar-refractivity contribution in [1.82, 2.24) is 0 Å². The summed E-state index contributed by atoms with van der Waals surface area (Å²) >= 11 is 0.441. The molecule has 0 atom stereocenters. The van der Waals surface area contributed by atoms with Crippen LogP contribution in [-0.4, -0.2) is 42.2 Å². The second-order valence-electron chi connectivity index (χ2n) is 12.9. The Morgan fingerprint density at radius 2 is 0.871 bits per heavy atom. The number of benzene rings is 7. The predicted molar refractivity (Wildman–Crippen MR) is 222 cm³/mol. The monoisotopic (exact) mass is 918 g/mol. The van der Waals surface area contributed by atoms with E-state index in [1.165, 1.54) is 72.8 Å². The van der Waals surface area contributed by atoms with E-state index in [1.54, 1.807) is 48.5 Å². The molecule has 19 heteroatoms. The Morgan fingerprint density at radius 3 is 1.32 bits per heavy atom. The minimum Gasteiger partial charge on any atom is -0.495 e. The molecule has 7 aromatic rings. The Morgan fingerprint density at radius 1 is 0.484 bits per heavy atom. The van der Waals surface area contributed by atoms with E-state index >= 15 is 0 Å².